The van der Waals surface area contributed by atoms with Gasteiger partial charge in [0.2, 0.25) is 0 Å². The van der Waals surface area contributed by atoms with Crippen LogP contribution in [0.15, 0.2) is 60.8 Å². The first-order chi connectivity index (χ1) is 30.5. The topological polar surface area (TPSA) is 78.9 Å². The molecule has 0 bridgehead atoms. The zero-order valence-corrected chi connectivity index (χ0v) is 40.9. The van der Waals surface area contributed by atoms with Crippen LogP contribution in [0.4, 0.5) is 0 Å². The molecule has 0 saturated heterocycles. The van der Waals surface area contributed by atoms with Gasteiger partial charge in [-0.15, -0.1) is 0 Å². The number of hydrogen-bond donors (Lipinski definition) is 0. The average molecular weight is 867 g/mol. The normalized spacial score (nSPS) is 12.5. The first kappa shape index (κ1) is 59.1. The highest BCUT2D eigenvalue weighted by atomic mass is 16.6. The monoisotopic (exact) mass is 867 g/mol. The molecule has 0 aliphatic rings. The molecule has 358 valence electrons. The summed E-state index contributed by atoms with van der Waals surface area (Å²) in [7, 11) is 0. The van der Waals surface area contributed by atoms with Crippen LogP contribution in [0.5, 0.6) is 0 Å². The number of hydrogen-bond acceptors (Lipinski definition) is 6. The van der Waals surface area contributed by atoms with Crippen LogP contribution in [-0.2, 0) is 28.6 Å². The lowest BCUT2D eigenvalue weighted by Gasteiger charge is -2.18. The highest BCUT2D eigenvalue weighted by molar-refractivity contribution is 5.71. The lowest BCUT2D eigenvalue weighted by molar-refractivity contribution is -0.166. The Labute approximate surface area is 383 Å². The zero-order chi connectivity index (χ0) is 45.1. The van der Waals surface area contributed by atoms with Crippen LogP contribution >= 0.6 is 0 Å². The summed E-state index contributed by atoms with van der Waals surface area (Å²) in [6, 6.07) is 0. The van der Waals surface area contributed by atoms with E-state index in [0.717, 1.165) is 64.2 Å². The molecule has 0 unspecified atom stereocenters. The molecular weight excluding hydrogens is 769 g/mol. The van der Waals surface area contributed by atoms with Crippen LogP contribution in [0, 0.1) is 0 Å². The van der Waals surface area contributed by atoms with E-state index in [0.29, 0.717) is 19.3 Å². The largest absolute Gasteiger partial charge is 0.462 e. The van der Waals surface area contributed by atoms with Gasteiger partial charge in [-0.2, -0.15) is 0 Å². The molecule has 1 atom stereocenters. The van der Waals surface area contributed by atoms with Crippen molar-refractivity contribution in [2.75, 3.05) is 13.2 Å². The third-order valence-electron chi connectivity index (χ3n) is 11.3. The van der Waals surface area contributed by atoms with Gasteiger partial charge in [-0.3, -0.25) is 14.4 Å². The number of carbonyl (C=O) groups is 3. The number of unbranched alkanes of at least 4 members (excludes halogenated alkanes) is 26. The molecule has 0 aromatic carbocycles. The molecule has 0 aliphatic carbocycles. The molecule has 0 N–H and O–H groups in total. The van der Waals surface area contributed by atoms with Gasteiger partial charge in [-0.1, -0.05) is 242 Å². The van der Waals surface area contributed by atoms with E-state index in [1.165, 1.54) is 148 Å². The smallest absolute Gasteiger partial charge is 0.306 e. The minimum atomic E-state index is -0.799. The van der Waals surface area contributed by atoms with E-state index in [2.05, 4.69) is 75.5 Å². The number of esters is 3. The Kier molecular flexibility index (Phi) is 48.4. The molecule has 62 heavy (non-hydrogen) atoms. The van der Waals surface area contributed by atoms with Crippen LogP contribution in [0.3, 0.4) is 0 Å². The van der Waals surface area contributed by atoms with Crippen molar-refractivity contribution in [3.05, 3.63) is 60.8 Å². The maximum atomic E-state index is 12.8. The second-order valence-electron chi connectivity index (χ2n) is 17.4. The summed E-state index contributed by atoms with van der Waals surface area (Å²) >= 11 is 0. The zero-order valence-electron chi connectivity index (χ0n) is 40.9. The minimum Gasteiger partial charge on any atom is -0.462 e. The van der Waals surface area contributed by atoms with E-state index >= 15 is 0 Å². The molecule has 0 fully saturated rings. The third-order valence-corrected chi connectivity index (χ3v) is 11.3. The number of rotatable bonds is 47. The Balaban J connectivity index is 4.45. The van der Waals surface area contributed by atoms with Crippen LogP contribution in [-0.4, -0.2) is 37.2 Å². The molecule has 0 rings (SSSR count). The molecular formula is C56H98O6. The minimum absolute atomic E-state index is 0.0935. The summed E-state index contributed by atoms with van der Waals surface area (Å²) < 4.78 is 16.7. The maximum Gasteiger partial charge on any atom is 0.306 e. The fourth-order valence-electron chi connectivity index (χ4n) is 7.31. The van der Waals surface area contributed by atoms with Crippen molar-refractivity contribution in [3.8, 4) is 0 Å². The van der Waals surface area contributed by atoms with Crippen LogP contribution in [0.2, 0.25) is 0 Å². The summed E-state index contributed by atoms with van der Waals surface area (Å²) in [5.41, 5.74) is 0. The summed E-state index contributed by atoms with van der Waals surface area (Å²) in [6.45, 7) is 6.55. The standard InChI is InChI=1S/C56H98O6/c1-4-7-10-13-16-19-22-25-26-27-28-29-30-32-35-37-40-43-46-49-55(58)61-52-53(62-56(59)50-47-44-41-38-33-24-21-18-15-12-9-6-3)51-60-54(57)48-45-42-39-36-34-31-23-20-17-14-11-8-5-2/h16,19,25-26,28-29,32,35,40,43,53H,4-15,17-18,20-24,27,30-31,33-34,36-39,41-42,44-52H2,1-3H3/b19-16-,26-25-,29-28-,35-32-,43-40-/t53-/m0/s1. The highest BCUT2D eigenvalue weighted by Crippen LogP contribution is 2.15. The lowest BCUT2D eigenvalue weighted by atomic mass is 10.0. The van der Waals surface area contributed by atoms with Gasteiger partial charge in [0, 0.05) is 19.3 Å². The van der Waals surface area contributed by atoms with Crippen LogP contribution in [0.25, 0.3) is 0 Å². The predicted molar refractivity (Wildman–Crippen MR) is 265 cm³/mol. The summed E-state index contributed by atoms with van der Waals surface area (Å²) in [6.07, 6.45) is 62.1. The van der Waals surface area contributed by atoms with E-state index in [9.17, 15) is 14.4 Å². The number of ether oxygens (including phenoxy) is 3. The van der Waals surface area contributed by atoms with Gasteiger partial charge in [0.05, 0.1) is 0 Å². The van der Waals surface area contributed by atoms with Crippen molar-refractivity contribution in [1.29, 1.82) is 0 Å². The predicted octanol–water partition coefficient (Wildman–Crippen LogP) is 17.3. The molecule has 6 nitrogen and oxygen atoms in total. The van der Waals surface area contributed by atoms with Crippen molar-refractivity contribution in [2.24, 2.45) is 0 Å². The maximum absolute atomic E-state index is 12.8. The summed E-state index contributed by atoms with van der Waals surface area (Å²) in [5.74, 6) is -0.973. The van der Waals surface area contributed by atoms with E-state index in [4.69, 9.17) is 14.2 Å². The van der Waals surface area contributed by atoms with Gasteiger partial charge in [-0.05, 0) is 57.8 Å². The Morgan fingerprint density at radius 1 is 0.323 bits per heavy atom. The first-order valence-corrected chi connectivity index (χ1v) is 26.3. The Morgan fingerprint density at radius 3 is 1.00 bits per heavy atom. The summed E-state index contributed by atoms with van der Waals surface area (Å²) in [5, 5.41) is 0. The van der Waals surface area contributed by atoms with E-state index in [-0.39, 0.29) is 37.5 Å². The lowest BCUT2D eigenvalue weighted by Crippen LogP contribution is -2.30. The van der Waals surface area contributed by atoms with Gasteiger partial charge < -0.3 is 14.2 Å². The molecule has 0 aromatic rings. The van der Waals surface area contributed by atoms with Crippen molar-refractivity contribution < 1.29 is 28.6 Å². The third kappa shape index (κ3) is 48.1. The molecule has 0 aromatic heterocycles. The molecule has 0 spiro atoms. The molecule has 0 heterocycles. The van der Waals surface area contributed by atoms with E-state index < -0.39 is 6.10 Å². The second-order valence-corrected chi connectivity index (χ2v) is 17.4. The quantitative estimate of drug-likeness (QED) is 0.0262. The van der Waals surface area contributed by atoms with Gasteiger partial charge in [-0.25, -0.2) is 0 Å². The van der Waals surface area contributed by atoms with Gasteiger partial charge in [0.15, 0.2) is 6.10 Å². The van der Waals surface area contributed by atoms with E-state index in [1.807, 2.05) is 6.08 Å². The van der Waals surface area contributed by atoms with Crippen LogP contribution in [0.1, 0.15) is 258 Å². The Morgan fingerprint density at radius 2 is 0.613 bits per heavy atom. The molecule has 0 saturated carbocycles. The number of carbonyl (C=O) groups excluding carboxylic acids is 3. The Hall–Kier alpha value is -2.89. The van der Waals surface area contributed by atoms with Gasteiger partial charge in [0.25, 0.3) is 0 Å². The van der Waals surface area contributed by atoms with Gasteiger partial charge >= 0.3 is 17.9 Å². The van der Waals surface area contributed by atoms with Crippen LogP contribution < -0.4 is 0 Å². The fourth-order valence-corrected chi connectivity index (χ4v) is 7.31. The highest BCUT2D eigenvalue weighted by Gasteiger charge is 2.19. The molecule has 0 aliphatic heterocycles. The molecule has 0 amide bonds. The average Bonchev–Trinajstić information content (AvgIpc) is 3.27. The van der Waals surface area contributed by atoms with E-state index in [1.54, 1.807) is 0 Å². The van der Waals surface area contributed by atoms with Crippen molar-refractivity contribution in [3.63, 3.8) is 0 Å². The number of allylic oxidation sites excluding steroid dienone is 10. The van der Waals surface area contributed by atoms with Gasteiger partial charge in [0.1, 0.15) is 13.2 Å². The van der Waals surface area contributed by atoms with Crippen molar-refractivity contribution >= 4 is 17.9 Å². The second kappa shape index (κ2) is 50.8. The molecule has 6 heteroatoms. The van der Waals surface area contributed by atoms with Crippen molar-refractivity contribution in [2.45, 2.75) is 264 Å². The van der Waals surface area contributed by atoms with Crippen molar-refractivity contribution in [1.82, 2.24) is 0 Å². The summed E-state index contributed by atoms with van der Waals surface area (Å²) in [4.78, 5) is 37.9. The Bertz CT molecular complexity index is 1130. The SMILES string of the molecule is CCCCC/C=C\C/C=C\C/C=C\C/C=C\C/C=C\CCC(=O)OC[C@H](COC(=O)CCCCCCCCCCCCCCC)OC(=O)CCCCCCCCCCCCCC. The first-order valence-electron chi connectivity index (χ1n) is 26.3. The fraction of sp³-hybridized carbons (Fsp3) is 0.768. The molecule has 0 radical (unpaired) electrons.